The predicted octanol–water partition coefficient (Wildman–Crippen LogP) is 3.24. The Labute approximate surface area is 162 Å². The third-order valence-corrected chi connectivity index (χ3v) is 4.29. The van der Waals surface area contributed by atoms with Gasteiger partial charge in [-0.2, -0.15) is 0 Å². The van der Waals surface area contributed by atoms with E-state index < -0.39 is 11.9 Å². The van der Waals surface area contributed by atoms with Crippen molar-refractivity contribution in [1.82, 2.24) is 14.9 Å². The van der Waals surface area contributed by atoms with E-state index in [2.05, 4.69) is 10.3 Å². The zero-order chi connectivity index (χ0) is 19.9. The molecule has 0 aliphatic carbocycles. The van der Waals surface area contributed by atoms with Gasteiger partial charge in [0.2, 0.25) is 5.91 Å². The minimum Gasteiger partial charge on any atom is -0.497 e. The summed E-state index contributed by atoms with van der Waals surface area (Å²) in [7, 11) is 3.47. The molecule has 146 valence electrons. The third-order valence-electron chi connectivity index (χ3n) is 4.29. The van der Waals surface area contributed by atoms with Crippen molar-refractivity contribution in [2.75, 3.05) is 13.7 Å². The van der Waals surface area contributed by atoms with Gasteiger partial charge in [0.25, 0.3) is 0 Å². The molecule has 2 aromatic carbocycles. The maximum Gasteiger partial charge on any atom is 0.224 e. The molecule has 1 amide bonds. The van der Waals surface area contributed by atoms with E-state index in [0.29, 0.717) is 5.82 Å². The lowest BCUT2D eigenvalue weighted by Gasteiger charge is -2.19. The molecular formula is C21H22FN3O3. The molecule has 0 aliphatic rings. The van der Waals surface area contributed by atoms with Gasteiger partial charge in [-0.3, -0.25) is 4.79 Å². The van der Waals surface area contributed by atoms with E-state index in [4.69, 9.17) is 9.47 Å². The van der Waals surface area contributed by atoms with Crippen LogP contribution in [-0.2, 0) is 11.8 Å². The summed E-state index contributed by atoms with van der Waals surface area (Å²) in [5, 5.41) is 2.98. The van der Waals surface area contributed by atoms with Gasteiger partial charge in [0.1, 0.15) is 17.6 Å². The summed E-state index contributed by atoms with van der Waals surface area (Å²) in [6.45, 7) is 0.0721. The topological polar surface area (TPSA) is 65.4 Å². The highest BCUT2D eigenvalue weighted by Gasteiger charge is 2.21. The number of carbonyl (C=O) groups excluding carboxylic acids is 1. The van der Waals surface area contributed by atoms with Crippen LogP contribution in [0.3, 0.4) is 0 Å². The molecule has 0 bridgehead atoms. The summed E-state index contributed by atoms with van der Waals surface area (Å²) in [5.41, 5.74) is 0.874. The molecule has 0 radical (unpaired) electrons. The minimum absolute atomic E-state index is 0.0721. The Morgan fingerprint density at radius 1 is 1.21 bits per heavy atom. The van der Waals surface area contributed by atoms with E-state index in [1.165, 1.54) is 12.1 Å². The first kappa shape index (κ1) is 19.4. The summed E-state index contributed by atoms with van der Waals surface area (Å²) in [6.07, 6.45) is 3.59. The minimum atomic E-state index is -0.452. The Kier molecular flexibility index (Phi) is 6.26. The number of benzene rings is 2. The fourth-order valence-corrected chi connectivity index (χ4v) is 2.80. The van der Waals surface area contributed by atoms with Crippen LogP contribution in [0.2, 0.25) is 0 Å². The first-order valence-electron chi connectivity index (χ1n) is 8.86. The van der Waals surface area contributed by atoms with Crippen LogP contribution in [-0.4, -0.2) is 29.2 Å². The monoisotopic (exact) mass is 383 g/mol. The number of hydrogen-bond donors (Lipinski definition) is 1. The molecule has 0 spiro atoms. The Hall–Kier alpha value is -3.35. The van der Waals surface area contributed by atoms with E-state index in [0.717, 1.165) is 11.3 Å². The number of halogens is 1. The average molecular weight is 383 g/mol. The number of aryl methyl sites for hydroxylation is 1. The van der Waals surface area contributed by atoms with Crippen molar-refractivity contribution in [3.05, 3.63) is 78.1 Å². The number of rotatable bonds is 8. The SMILES string of the molecule is COc1ccc(C(NC(=O)CCOc2ccccc2F)c2nccn2C)cc1. The summed E-state index contributed by atoms with van der Waals surface area (Å²) >= 11 is 0. The van der Waals surface area contributed by atoms with E-state index in [-0.39, 0.29) is 24.7 Å². The van der Waals surface area contributed by atoms with E-state index >= 15 is 0 Å². The standard InChI is InChI=1S/C21H22FN3O3/c1-25-13-12-23-21(25)20(15-7-9-16(27-2)10-8-15)24-19(26)11-14-28-18-6-4-3-5-17(18)22/h3-10,12-13,20H,11,14H2,1-2H3,(H,24,26). The largest absolute Gasteiger partial charge is 0.497 e. The van der Waals surface area contributed by atoms with Gasteiger partial charge in [-0.05, 0) is 29.8 Å². The first-order valence-corrected chi connectivity index (χ1v) is 8.86. The van der Waals surface area contributed by atoms with Gasteiger partial charge in [0.05, 0.1) is 20.1 Å². The van der Waals surface area contributed by atoms with Crippen molar-refractivity contribution in [2.45, 2.75) is 12.5 Å². The zero-order valence-electron chi connectivity index (χ0n) is 15.8. The van der Waals surface area contributed by atoms with Crippen molar-refractivity contribution in [1.29, 1.82) is 0 Å². The Bertz CT molecular complexity index is 925. The van der Waals surface area contributed by atoms with Crippen LogP contribution in [0, 0.1) is 5.82 Å². The van der Waals surface area contributed by atoms with Gasteiger partial charge < -0.3 is 19.4 Å². The number of para-hydroxylation sites is 1. The summed E-state index contributed by atoms with van der Waals surface area (Å²) < 4.78 is 26.0. The molecule has 3 aromatic rings. The Morgan fingerprint density at radius 2 is 1.96 bits per heavy atom. The van der Waals surface area contributed by atoms with Crippen LogP contribution < -0.4 is 14.8 Å². The van der Waals surface area contributed by atoms with Crippen molar-refractivity contribution in [2.24, 2.45) is 7.05 Å². The molecule has 0 saturated carbocycles. The molecule has 28 heavy (non-hydrogen) atoms. The molecule has 6 nitrogen and oxygen atoms in total. The maximum absolute atomic E-state index is 13.6. The lowest BCUT2D eigenvalue weighted by molar-refractivity contribution is -0.122. The second kappa shape index (κ2) is 9.03. The Morgan fingerprint density at radius 3 is 2.61 bits per heavy atom. The molecule has 1 atom stereocenters. The fourth-order valence-electron chi connectivity index (χ4n) is 2.80. The highest BCUT2D eigenvalue weighted by Crippen LogP contribution is 2.23. The molecule has 0 aliphatic heterocycles. The molecule has 0 saturated heterocycles. The summed E-state index contributed by atoms with van der Waals surface area (Å²) in [5.74, 6) is 0.888. The van der Waals surface area contributed by atoms with Crippen LogP contribution >= 0.6 is 0 Å². The number of carbonyl (C=O) groups is 1. The van der Waals surface area contributed by atoms with E-state index in [1.807, 2.05) is 42.1 Å². The number of imidazole rings is 1. The normalized spacial score (nSPS) is 11.7. The van der Waals surface area contributed by atoms with Gasteiger partial charge >= 0.3 is 0 Å². The molecule has 0 fully saturated rings. The quantitative estimate of drug-likeness (QED) is 0.649. The summed E-state index contributed by atoms with van der Waals surface area (Å²) in [6, 6.07) is 13.1. The summed E-state index contributed by atoms with van der Waals surface area (Å²) in [4.78, 5) is 16.8. The van der Waals surface area contributed by atoms with Crippen molar-refractivity contribution in [3.8, 4) is 11.5 Å². The second-order valence-electron chi connectivity index (χ2n) is 6.20. The maximum atomic E-state index is 13.6. The number of hydrogen-bond acceptors (Lipinski definition) is 4. The number of ether oxygens (including phenoxy) is 2. The smallest absolute Gasteiger partial charge is 0.224 e. The van der Waals surface area contributed by atoms with Gasteiger partial charge in [-0.25, -0.2) is 9.37 Å². The van der Waals surface area contributed by atoms with Gasteiger partial charge in [-0.1, -0.05) is 24.3 Å². The number of nitrogens with zero attached hydrogens (tertiary/aromatic N) is 2. The number of aromatic nitrogens is 2. The highest BCUT2D eigenvalue weighted by atomic mass is 19.1. The number of methoxy groups -OCH3 is 1. The zero-order valence-corrected chi connectivity index (χ0v) is 15.8. The molecule has 1 aromatic heterocycles. The van der Waals surface area contributed by atoms with E-state index in [1.54, 1.807) is 25.4 Å². The van der Waals surface area contributed by atoms with Crippen LogP contribution in [0.15, 0.2) is 60.9 Å². The molecule has 3 rings (SSSR count). The first-order chi connectivity index (χ1) is 13.6. The van der Waals surface area contributed by atoms with Crippen LogP contribution in [0.5, 0.6) is 11.5 Å². The van der Waals surface area contributed by atoms with Crippen LogP contribution in [0.1, 0.15) is 23.9 Å². The highest BCUT2D eigenvalue weighted by molar-refractivity contribution is 5.77. The number of amides is 1. The average Bonchev–Trinajstić information content (AvgIpc) is 3.13. The number of nitrogens with one attached hydrogen (secondary N) is 1. The Balaban J connectivity index is 1.68. The lowest BCUT2D eigenvalue weighted by Crippen LogP contribution is -2.32. The van der Waals surface area contributed by atoms with Gasteiger partial charge in [-0.15, -0.1) is 0 Å². The van der Waals surface area contributed by atoms with Crippen LogP contribution in [0.25, 0.3) is 0 Å². The van der Waals surface area contributed by atoms with Crippen molar-refractivity contribution < 1.29 is 18.7 Å². The molecule has 1 heterocycles. The van der Waals surface area contributed by atoms with Crippen molar-refractivity contribution in [3.63, 3.8) is 0 Å². The van der Waals surface area contributed by atoms with Gasteiger partial charge in [0.15, 0.2) is 11.6 Å². The molecule has 7 heteroatoms. The third kappa shape index (κ3) is 4.68. The predicted molar refractivity (Wildman–Crippen MR) is 103 cm³/mol. The molecule has 1 unspecified atom stereocenters. The molecular weight excluding hydrogens is 361 g/mol. The van der Waals surface area contributed by atoms with Crippen molar-refractivity contribution >= 4 is 5.91 Å². The van der Waals surface area contributed by atoms with E-state index in [9.17, 15) is 9.18 Å². The lowest BCUT2D eigenvalue weighted by atomic mass is 10.1. The fraction of sp³-hybridized carbons (Fsp3) is 0.238. The van der Waals surface area contributed by atoms with Gasteiger partial charge in [0, 0.05) is 19.4 Å². The molecule has 1 N–H and O–H groups in total. The second-order valence-corrected chi connectivity index (χ2v) is 6.20. The van der Waals surface area contributed by atoms with Crippen LogP contribution in [0.4, 0.5) is 4.39 Å².